The summed E-state index contributed by atoms with van der Waals surface area (Å²) in [5, 5.41) is 0. The maximum absolute atomic E-state index is 12.3. The van der Waals surface area contributed by atoms with Gasteiger partial charge in [0.2, 0.25) is 5.95 Å². The number of aryl methyl sites for hydroxylation is 1. The van der Waals surface area contributed by atoms with Gasteiger partial charge < -0.3 is 10.3 Å². The number of imidazole rings is 1. The molecule has 0 amide bonds. The Balaban J connectivity index is 1.95. The van der Waals surface area contributed by atoms with E-state index in [4.69, 9.17) is 5.73 Å². The third kappa shape index (κ3) is 1.76. The van der Waals surface area contributed by atoms with Crippen molar-refractivity contribution in [3.8, 4) is 0 Å². The second kappa shape index (κ2) is 4.69. The molecule has 2 N–H and O–H groups in total. The molecule has 4 rings (SSSR count). The Labute approximate surface area is 127 Å². The predicted octanol–water partition coefficient (Wildman–Crippen LogP) is 1.64. The predicted molar refractivity (Wildman–Crippen MR) is 84.7 cm³/mol. The van der Waals surface area contributed by atoms with Crippen LogP contribution in [-0.2, 0) is 13.5 Å². The molecule has 112 valence electrons. The van der Waals surface area contributed by atoms with E-state index < -0.39 is 0 Å². The molecule has 1 unspecified atom stereocenters. The van der Waals surface area contributed by atoms with Crippen molar-refractivity contribution in [3.05, 3.63) is 52.1 Å². The van der Waals surface area contributed by atoms with E-state index in [0.29, 0.717) is 11.2 Å². The van der Waals surface area contributed by atoms with Crippen LogP contribution in [0, 0.1) is 0 Å². The fourth-order valence-electron chi connectivity index (χ4n) is 3.31. The quantitative estimate of drug-likeness (QED) is 0.740. The van der Waals surface area contributed by atoms with Crippen molar-refractivity contribution in [2.24, 2.45) is 7.05 Å². The van der Waals surface area contributed by atoms with E-state index in [1.54, 1.807) is 13.4 Å². The number of anilines is 1. The molecule has 22 heavy (non-hydrogen) atoms. The van der Waals surface area contributed by atoms with E-state index in [9.17, 15) is 4.79 Å². The van der Waals surface area contributed by atoms with Gasteiger partial charge in [-0.3, -0.25) is 9.36 Å². The molecule has 1 aliphatic rings. The average Bonchev–Trinajstić information content (AvgIpc) is 2.96. The fourth-order valence-corrected chi connectivity index (χ4v) is 3.31. The number of nitrogen functional groups attached to an aromatic ring is 1. The summed E-state index contributed by atoms with van der Waals surface area (Å²) in [5.74, 6) is 0.211. The lowest BCUT2D eigenvalue weighted by Crippen LogP contribution is -2.23. The van der Waals surface area contributed by atoms with Crippen molar-refractivity contribution in [2.45, 2.75) is 25.3 Å². The second-order valence-electron chi connectivity index (χ2n) is 5.77. The number of hydrogen-bond donors (Lipinski definition) is 1. The van der Waals surface area contributed by atoms with Crippen LogP contribution < -0.4 is 11.3 Å². The highest BCUT2D eigenvalue weighted by Crippen LogP contribution is 2.33. The molecule has 1 aliphatic carbocycles. The summed E-state index contributed by atoms with van der Waals surface area (Å²) in [6, 6.07) is 8.60. The summed E-state index contributed by atoms with van der Waals surface area (Å²) in [7, 11) is 1.61. The molecule has 0 aliphatic heterocycles. The summed E-state index contributed by atoms with van der Waals surface area (Å²) in [6.45, 7) is 0. The molecular weight excluding hydrogens is 278 g/mol. The number of aromatic nitrogens is 4. The summed E-state index contributed by atoms with van der Waals surface area (Å²) in [5.41, 5.74) is 9.24. The van der Waals surface area contributed by atoms with Crippen LogP contribution in [0.25, 0.3) is 11.2 Å². The number of hydrogen-bond acceptors (Lipinski definition) is 4. The first-order valence-electron chi connectivity index (χ1n) is 7.43. The van der Waals surface area contributed by atoms with E-state index in [-0.39, 0.29) is 17.5 Å². The van der Waals surface area contributed by atoms with Gasteiger partial charge in [-0.15, -0.1) is 0 Å². The van der Waals surface area contributed by atoms with Crippen molar-refractivity contribution >= 4 is 17.1 Å². The molecule has 6 heteroatoms. The van der Waals surface area contributed by atoms with Gasteiger partial charge >= 0.3 is 0 Å². The van der Waals surface area contributed by atoms with Crippen LogP contribution in [0.3, 0.4) is 0 Å². The third-order valence-electron chi connectivity index (χ3n) is 4.51. The summed E-state index contributed by atoms with van der Waals surface area (Å²) >= 11 is 0. The lowest BCUT2D eigenvalue weighted by molar-refractivity contribution is 0.497. The molecule has 0 bridgehead atoms. The van der Waals surface area contributed by atoms with Gasteiger partial charge in [0.1, 0.15) is 0 Å². The first-order chi connectivity index (χ1) is 10.7. The maximum Gasteiger partial charge on any atom is 0.282 e. The molecule has 0 radical (unpaired) electrons. The summed E-state index contributed by atoms with van der Waals surface area (Å²) < 4.78 is 3.32. The fraction of sp³-hybridized carbons (Fsp3) is 0.312. The first kappa shape index (κ1) is 13.1. The van der Waals surface area contributed by atoms with Crippen LogP contribution in [0.2, 0.25) is 0 Å². The van der Waals surface area contributed by atoms with Gasteiger partial charge in [0.25, 0.3) is 5.56 Å². The van der Waals surface area contributed by atoms with E-state index >= 15 is 0 Å². The minimum Gasteiger partial charge on any atom is -0.369 e. The van der Waals surface area contributed by atoms with Gasteiger partial charge in [0.15, 0.2) is 11.2 Å². The molecule has 2 aromatic heterocycles. The van der Waals surface area contributed by atoms with Crippen LogP contribution in [-0.4, -0.2) is 19.1 Å². The molecule has 1 atom stereocenters. The Morgan fingerprint density at radius 3 is 3.00 bits per heavy atom. The SMILES string of the molecule is Cn1c(N)nc2c(ncn2C2CCCc3ccccc32)c1=O. The normalized spacial score (nSPS) is 17.6. The molecule has 1 aromatic carbocycles. The molecule has 3 aromatic rings. The van der Waals surface area contributed by atoms with E-state index in [2.05, 4.69) is 34.2 Å². The van der Waals surface area contributed by atoms with Crippen molar-refractivity contribution in [1.82, 2.24) is 19.1 Å². The zero-order chi connectivity index (χ0) is 15.3. The van der Waals surface area contributed by atoms with Gasteiger partial charge in [0.05, 0.1) is 12.4 Å². The summed E-state index contributed by atoms with van der Waals surface area (Å²) in [6.07, 6.45) is 4.93. The minimum absolute atomic E-state index is 0.161. The topological polar surface area (TPSA) is 78.7 Å². The summed E-state index contributed by atoms with van der Waals surface area (Å²) in [4.78, 5) is 20.9. The Hall–Kier alpha value is -2.63. The molecular formula is C16H17N5O. The van der Waals surface area contributed by atoms with Crippen LogP contribution in [0.1, 0.15) is 30.0 Å². The van der Waals surface area contributed by atoms with Gasteiger partial charge in [0, 0.05) is 7.05 Å². The molecule has 0 saturated heterocycles. The van der Waals surface area contributed by atoms with Gasteiger partial charge in [-0.1, -0.05) is 24.3 Å². The zero-order valence-corrected chi connectivity index (χ0v) is 12.4. The molecule has 0 spiro atoms. The second-order valence-corrected chi connectivity index (χ2v) is 5.77. The molecule has 6 nitrogen and oxygen atoms in total. The zero-order valence-electron chi connectivity index (χ0n) is 12.4. The van der Waals surface area contributed by atoms with Crippen molar-refractivity contribution in [1.29, 1.82) is 0 Å². The number of rotatable bonds is 1. The first-order valence-corrected chi connectivity index (χ1v) is 7.43. The molecule has 0 saturated carbocycles. The lowest BCUT2D eigenvalue weighted by Gasteiger charge is -2.26. The van der Waals surface area contributed by atoms with Crippen molar-refractivity contribution < 1.29 is 0 Å². The Kier molecular flexibility index (Phi) is 2.79. The van der Waals surface area contributed by atoms with Crippen molar-refractivity contribution in [3.63, 3.8) is 0 Å². The third-order valence-corrected chi connectivity index (χ3v) is 4.51. The number of nitrogens with zero attached hydrogens (tertiary/aromatic N) is 4. The van der Waals surface area contributed by atoms with E-state index in [0.717, 1.165) is 19.3 Å². The van der Waals surface area contributed by atoms with Crippen LogP contribution in [0.4, 0.5) is 5.95 Å². The standard InChI is InChI=1S/C16H17N5O/c1-20-15(22)13-14(19-16(20)17)21(9-18-13)12-8-4-6-10-5-2-3-7-11(10)12/h2-3,5,7,9,12H,4,6,8H2,1H3,(H2,17,19). The van der Waals surface area contributed by atoms with Crippen molar-refractivity contribution in [2.75, 3.05) is 5.73 Å². The molecule has 0 fully saturated rings. The smallest absolute Gasteiger partial charge is 0.282 e. The Bertz CT molecular complexity index is 924. The number of fused-ring (bicyclic) bond motifs is 2. The largest absolute Gasteiger partial charge is 0.369 e. The monoisotopic (exact) mass is 295 g/mol. The van der Waals surface area contributed by atoms with Crippen LogP contribution in [0.15, 0.2) is 35.4 Å². The highest BCUT2D eigenvalue weighted by atomic mass is 16.1. The number of benzene rings is 1. The highest BCUT2D eigenvalue weighted by molar-refractivity contribution is 5.71. The van der Waals surface area contributed by atoms with Gasteiger partial charge in [-0.25, -0.2) is 4.98 Å². The van der Waals surface area contributed by atoms with Gasteiger partial charge in [-0.2, -0.15) is 4.98 Å². The number of nitrogens with two attached hydrogens (primary N) is 1. The molecule has 2 heterocycles. The Morgan fingerprint density at radius 2 is 2.14 bits per heavy atom. The minimum atomic E-state index is -0.203. The van der Waals surface area contributed by atoms with E-state index in [1.165, 1.54) is 15.7 Å². The maximum atomic E-state index is 12.3. The van der Waals surface area contributed by atoms with Crippen LogP contribution in [0.5, 0.6) is 0 Å². The van der Waals surface area contributed by atoms with E-state index in [1.807, 2.05) is 4.57 Å². The van der Waals surface area contributed by atoms with Crippen LogP contribution >= 0.6 is 0 Å². The lowest BCUT2D eigenvalue weighted by atomic mass is 9.87. The van der Waals surface area contributed by atoms with Gasteiger partial charge in [-0.05, 0) is 30.4 Å². The average molecular weight is 295 g/mol. The Morgan fingerprint density at radius 1 is 1.32 bits per heavy atom. The highest BCUT2D eigenvalue weighted by Gasteiger charge is 2.24.